The van der Waals surface area contributed by atoms with Gasteiger partial charge in [-0.1, -0.05) is 0 Å². The number of anilines is 1. The van der Waals surface area contributed by atoms with E-state index in [0.29, 0.717) is 0 Å². The van der Waals surface area contributed by atoms with Gasteiger partial charge in [-0.25, -0.2) is 4.98 Å². The van der Waals surface area contributed by atoms with Gasteiger partial charge in [0, 0.05) is 25.9 Å². The third kappa shape index (κ3) is 2.69. The van der Waals surface area contributed by atoms with Gasteiger partial charge in [-0.2, -0.15) is 0 Å². The van der Waals surface area contributed by atoms with Crippen molar-refractivity contribution in [3.8, 4) is 0 Å². The van der Waals surface area contributed by atoms with Crippen molar-refractivity contribution in [2.75, 3.05) is 19.0 Å². The molecule has 0 N–H and O–H groups in total. The van der Waals surface area contributed by atoms with Crippen LogP contribution in [-0.4, -0.2) is 24.9 Å². The Labute approximate surface area is 84.1 Å². The van der Waals surface area contributed by atoms with E-state index in [9.17, 15) is 4.79 Å². The molecule has 0 saturated carbocycles. The lowest BCUT2D eigenvalue weighted by molar-refractivity contribution is -0.112. The Hall–Kier alpha value is -1.64. The van der Waals surface area contributed by atoms with Crippen LogP contribution in [0.15, 0.2) is 24.4 Å². The van der Waals surface area contributed by atoms with E-state index < -0.39 is 0 Å². The standard InChI is InChI=1S/C11H14N2O/c1-9(14)6-7-10-5-4-8-12-11(10)13(2)3/h4-8H,1-3H3/b7-6+. The Balaban J connectivity index is 3.01. The maximum atomic E-state index is 10.8. The lowest BCUT2D eigenvalue weighted by Crippen LogP contribution is -2.11. The molecule has 0 amide bonds. The number of nitrogens with zero attached hydrogens (tertiary/aromatic N) is 2. The molecule has 1 rings (SSSR count). The first-order valence-electron chi connectivity index (χ1n) is 4.42. The van der Waals surface area contributed by atoms with Crippen molar-refractivity contribution in [2.45, 2.75) is 6.92 Å². The van der Waals surface area contributed by atoms with Crippen molar-refractivity contribution >= 4 is 17.7 Å². The topological polar surface area (TPSA) is 33.2 Å². The Morgan fingerprint density at radius 2 is 2.21 bits per heavy atom. The van der Waals surface area contributed by atoms with Crippen LogP contribution in [0.4, 0.5) is 5.82 Å². The average molecular weight is 190 g/mol. The molecule has 0 radical (unpaired) electrons. The zero-order valence-electron chi connectivity index (χ0n) is 8.69. The van der Waals surface area contributed by atoms with E-state index in [1.807, 2.05) is 31.1 Å². The van der Waals surface area contributed by atoms with Crippen LogP contribution in [-0.2, 0) is 4.79 Å². The van der Waals surface area contributed by atoms with Gasteiger partial charge in [0.1, 0.15) is 5.82 Å². The van der Waals surface area contributed by atoms with Gasteiger partial charge in [0.2, 0.25) is 0 Å². The van der Waals surface area contributed by atoms with Crippen LogP contribution in [0.25, 0.3) is 6.08 Å². The summed E-state index contributed by atoms with van der Waals surface area (Å²) in [6.07, 6.45) is 5.06. The fourth-order valence-corrected chi connectivity index (χ4v) is 1.12. The number of hydrogen-bond donors (Lipinski definition) is 0. The Morgan fingerprint density at radius 3 is 2.79 bits per heavy atom. The van der Waals surface area contributed by atoms with E-state index in [-0.39, 0.29) is 5.78 Å². The molecule has 0 saturated heterocycles. The molecule has 0 atom stereocenters. The normalized spacial score (nSPS) is 10.5. The smallest absolute Gasteiger partial charge is 0.152 e. The van der Waals surface area contributed by atoms with Gasteiger partial charge < -0.3 is 4.90 Å². The molecule has 0 aliphatic rings. The Bertz CT molecular complexity index is 356. The van der Waals surface area contributed by atoms with Crippen molar-refractivity contribution < 1.29 is 4.79 Å². The molecule has 0 aromatic carbocycles. The fraction of sp³-hybridized carbons (Fsp3) is 0.273. The van der Waals surface area contributed by atoms with Crippen molar-refractivity contribution in [1.29, 1.82) is 0 Å². The summed E-state index contributed by atoms with van der Waals surface area (Å²) in [5.41, 5.74) is 0.952. The summed E-state index contributed by atoms with van der Waals surface area (Å²) in [5, 5.41) is 0. The molecule has 74 valence electrons. The van der Waals surface area contributed by atoms with E-state index in [1.54, 1.807) is 18.3 Å². The highest BCUT2D eigenvalue weighted by atomic mass is 16.1. The van der Waals surface area contributed by atoms with Crippen LogP contribution in [0.2, 0.25) is 0 Å². The fourth-order valence-electron chi connectivity index (χ4n) is 1.12. The van der Waals surface area contributed by atoms with Gasteiger partial charge in [-0.15, -0.1) is 0 Å². The molecule has 3 nitrogen and oxygen atoms in total. The zero-order valence-corrected chi connectivity index (χ0v) is 8.69. The van der Waals surface area contributed by atoms with Gasteiger partial charge in [-0.3, -0.25) is 4.79 Å². The second kappa shape index (κ2) is 4.56. The molecule has 0 unspecified atom stereocenters. The molecule has 1 aromatic heterocycles. The molecule has 1 heterocycles. The average Bonchev–Trinajstić information content (AvgIpc) is 2.15. The van der Waals surface area contributed by atoms with Gasteiger partial charge >= 0.3 is 0 Å². The third-order valence-electron chi connectivity index (χ3n) is 1.74. The number of ketones is 1. The van der Waals surface area contributed by atoms with Crippen molar-refractivity contribution in [3.05, 3.63) is 30.0 Å². The Morgan fingerprint density at radius 1 is 1.50 bits per heavy atom. The summed E-state index contributed by atoms with van der Waals surface area (Å²) in [4.78, 5) is 16.9. The Kier molecular flexibility index (Phi) is 3.40. The predicted octanol–water partition coefficient (Wildman–Crippen LogP) is 1.75. The molecule has 0 aliphatic carbocycles. The molecule has 14 heavy (non-hydrogen) atoms. The molecule has 1 aromatic rings. The summed E-state index contributed by atoms with van der Waals surface area (Å²) in [7, 11) is 3.85. The second-order valence-electron chi connectivity index (χ2n) is 3.25. The lowest BCUT2D eigenvalue weighted by atomic mass is 10.2. The number of aromatic nitrogens is 1. The van der Waals surface area contributed by atoms with E-state index in [2.05, 4.69) is 4.98 Å². The van der Waals surface area contributed by atoms with Gasteiger partial charge in [0.05, 0.1) is 0 Å². The third-order valence-corrected chi connectivity index (χ3v) is 1.74. The highest BCUT2D eigenvalue weighted by molar-refractivity contribution is 5.92. The van der Waals surface area contributed by atoms with E-state index in [1.165, 1.54) is 6.92 Å². The van der Waals surface area contributed by atoms with E-state index in [0.717, 1.165) is 11.4 Å². The number of carbonyl (C=O) groups is 1. The van der Waals surface area contributed by atoms with Gasteiger partial charge in [-0.05, 0) is 31.2 Å². The molecule has 0 spiro atoms. The number of pyridine rings is 1. The molecular weight excluding hydrogens is 176 g/mol. The molecule has 0 aliphatic heterocycles. The minimum atomic E-state index is 0.0403. The van der Waals surface area contributed by atoms with Crippen molar-refractivity contribution in [1.82, 2.24) is 4.98 Å². The summed E-state index contributed by atoms with van der Waals surface area (Å²) in [6, 6.07) is 3.79. The quantitative estimate of drug-likeness (QED) is 0.681. The van der Waals surface area contributed by atoms with Gasteiger partial charge in [0.25, 0.3) is 0 Å². The minimum Gasteiger partial charge on any atom is -0.362 e. The minimum absolute atomic E-state index is 0.0403. The van der Waals surface area contributed by atoms with Crippen LogP contribution in [0.3, 0.4) is 0 Å². The number of carbonyl (C=O) groups excluding carboxylic acids is 1. The molecule has 0 bridgehead atoms. The number of rotatable bonds is 3. The predicted molar refractivity (Wildman–Crippen MR) is 58.3 cm³/mol. The van der Waals surface area contributed by atoms with Crippen molar-refractivity contribution in [2.24, 2.45) is 0 Å². The number of allylic oxidation sites excluding steroid dienone is 1. The largest absolute Gasteiger partial charge is 0.362 e. The maximum absolute atomic E-state index is 10.8. The van der Waals surface area contributed by atoms with Crippen molar-refractivity contribution in [3.63, 3.8) is 0 Å². The molecule has 3 heteroatoms. The monoisotopic (exact) mass is 190 g/mol. The first kappa shape index (κ1) is 10.4. The number of hydrogen-bond acceptors (Lipinski definition) is 3. The van der Waals surface area contributed by atoms with Crippen LogP contribution >= 0.6 is 0 Å². The lowest BCUT2D eigenvalue weighted by Gasteiger charge is -2.13. The highest BCUT2D eigenvalue weighted by Crippen LogP contribution is 2.15. The first-order chi connectivity index (χ1) is 6.61. The maximum Gasteiger partial charge on any atom is 0.152 e. The zero-order chi connectivity index (χ0) is 10.6. The van der Waals surface area contributed by atoms with Crippen LogP contribution in [0.5, 0.6) is 0 Å². The van der Waals surface area contributed by atoms with Crippen LogP contribution in [0.1, 0.15) is 12.5 Å². The summed E-state index contributed by atoms with van der Waals surface area (Å²) >= 11 is 0. The first-order valence-corrected chi connectivity index (χ1v) is 4.42. The van der Waals surface area contributed by atoms with Crippen LogP contribution in [0, 0.1) is 0 Å². The van der Waals surface area contributed by atoms with Crippen LogP contribution < -0.4 is 4.90 Å². The summed E-state index contributed by atoms with van der Waals surface area (Å²) in [6.45, 7) is 1.53. The SMILES string of the molecule is CC(=O)/C=C/c1cccnc1N(C)C. The van der Waals surface area contributed by atoms with E-state index in [4.69, 9.17) is 0 Å². The molecular formula is C11H14N2O. The second-order valence-corrected chi connectivity index (χ2v) is 3.25. The molecule has 0 fully saturated rings. The summed E-state index contributed by atoms with van der Waals surface area (Å²) in [5.74, 6) is 0.906. The highest BCUT2D eigenvalue weighted by Gasteiger charge is 2.01. The van der Waals surface area contributed by atoms with Gasteiger partial charge in [0.15, 0.2) is 5.78 Å². The summed E-state index contributed by atoms with van der Waals surface area (Å²) < 4.78 is 0. The van der Waals surface area contributed by atoms with E-state index >= 15 is 0 Å².